The van der Waals surface area contributed by atoms with E-state index in [9.17, 15) is 4.79 Å². The van der Waals surface area contributed by atoms with Gasteiger partial charge in [0.25, 0.3) is 0 Å². The number of likely N-dealkylation sites (tertiary alicyclic amines) is 1. The van der Waals surface area contributed by atoms with Crippen LogP contribution in [0.4, 0.5) is 0 Å². The van der Waals surface area contributed by atoms with Crippen LogP contribution in [0.1, 0.15) is 59.8 Å². The Morgan fingerprint density at radius 3 is 2.75 bits per heavy atom. The lowest BCUT2D eigenvalue weighted by Gasteiger charge is -2.38. The Balaban J connectivity index is 2.69. The molecule has 3 atom stereocenters. The third-order valence-electron chi connectivity index (χ3n) is 4.65. The molecule has 1 N–H and O–H groups in total. The fourth-order valence-electron chi connectivity index (χ4n) is 3.24. The molecule has 4 heteroatoms. The Morgan fingerprint density at radius 1 is 1.45 bits per heavy atom. The van der Waals surface area contributed by atoms with Crippen LogP contribution in [0.5, 0.6) is 0 Å². The van der Waals surface area contributed by atoms with E-state index in [0.29, 0.717) is 18.7 Å². The molecule has 20 heavy (non-hydrogen) atoms. The number of hydrogen-bond acceptors (Lipinski definition) is 4. The summed E-state index contributed by atoms with van der Waals surface area (Å²) in [6.07, 6.45) is 5.97. The van der Waals surface area contributed by atoms with Gasteiger partial charge in [-0.25, -0.2) is 0 Å². The lowest BCUT2D eigenvalue weighted by molar-refractivity contribution is -0.151. The van der Waals surface area contributed by atoms with Crippen molar-refractivity contribution in [1.29, 1.82) is 0 Å². The largest absolute Gasteiger partial charge is 0.465 e. The normalized spacial score (nSPS) is 25.6. The van der Waals surface area contributed by atoms with Crippen LogP contribution in [0.25, 0.3) is 0 Å². The molecule has 0 radical (unpaired) electrons. The zero-order valence-electron chi connectivity index (χ0n) is 13.9. The van der Waals surface area contributed by atoms with Gasteiger partial charge in [-0.05, 0) is 60.5 Å². The van der Waals surface area contributed by atoms with Crippen molar-refractivity contribution in [2.75, 3.05) is 20.2 Å². The minimum Gasteiger partial charge on any atom is -0.465 e. The number of rotatable bonds is 6. The molecule has 1 rings (SSSR count). The summed E-state index contributed by atoms with van der Waals surface area (Å²) in [6, 6.07) is 0.987. The highest BCUT2D eigenvalue weighted by atomic mass is 16.5. The molecule has 3 unspecified atom stereocenters. The first kappa shape index (κ1) is 17.4. The van der Waals surface area contributed by atoms with Crippen molar-refractivity contribution in [2.45, 2.75) is 77.4 Å². The molecule has 0 saturated carbocycles. The van der Waals surface area contributed by atoms with Gasteiger partial charge < -0.3 is 10.1 Å². The lowest BCUT2D eigenvalue weighted by Crippen LogP contribution is -2.54. The summed E-state index contributed by atoms with van der Waals surface area (Å²) in [5.74, 6) is -0.142. The maximum absolute atomic E-state index is 12.2. The maximum atomic E-state index is 12.2. The number of hydrogen-bond donors (Lipinski definition) is 1. The minimum atomic E-state index is -0.596. The first-order chi connectivity index (χ1) is 9.44. The van der Waals surface area contributed by atoms with E-state index in [-0.39, 0.29) is 5.97 Å². The third kappa shape index (κ3) is 4.45. The molecule has 1 fully saturated rings. The molecule has 118 valence electrons. The Kier molecular flexibility index (Phi) is 6.96. The maximum Gasteiger partial charge on any atom is 0.326 e. The number of nitrogens with one attached hydrogen (secondary N) is 1. The summed E-state index contributed by atoms with van der Waals surface area (Å²) in [4.78, 5) is 14.7. The second-order valence-electron chi connectivity index (χ2n) is 6.29. The van der Waals surface area contributed by atoms with E-state index in [1.807, 2.05) is 20.9 Å². The van der Waals surface area contributed by atoms with Crippen LogP contribution >= 0.6 is 0 Å². The Bertz CT molecular complexity index is 309. The molecule has 1 aliphatic heterocycles. The average Bonchev–Trinajstić information content (AvgIpc) is 2.63. The molecule has 0 aromatic heterocycles. The minimum absolute atomic E-state index is 0.142. The summed E-state index contributed by atoms with van der Waals surface area (Å²) in [7, 11) is 1.84. The second kappa shape index (κ2) is 7.99. The summed E-state index contributed by atoms with van der Waals surface area (Å²) in [5, 5.41) is 3.16. The van der Waals surface area contributed by atoms with Crippen molar-refractivity contribution < 1.29 is 9.53 Å². The number of ether oxygens (including phenoxy) is 1. The second-order valence-corrected chi connectivity index (χ2v) is 6.29. The van der Waals surface area contributed by atoms with Crippen molar-refractivity contribution in [3.63, 3.8) is 0 Å². The molecule has 1 saturated heterocycles. The highest BCUT2D eigenvalue weighted by Gasteiger charge is 2.36. The monoisotopic (exact) mass is 284 g/mol. The summed E-state index contributed by atoms with van der Waals surface area (Å²) in [5.41, 5.74) is -0.596. The van der Waals surface area contributed by atoms with Crippen molar-refractivity contribution in [3.8, 4) is 0 Å². The number of carbonyl (C=O) groups excluding carboxylic acids is 1. The van der Waals surface area contributed by atoms with Gasteiger partial charge in [0.2, 0.25) is 0 Å². The number of esters is 1. The Morgan fingerprint density at radius 2 is 2.15 bits per heavy atom. The predicted molar refractivity (Wildman–Crippen MR) is 82.8 cm³/mol. The lowest BCUT2D eigenvalue weighted by atomic mass is 9.92. The van der Waals surface area contributed by atoms with Gasteiger partial charge in [-0.1, -0.05) is 12.8 Å². The molecular weight excluding hydrogens is 252 g/mol. The molecule has 1 heterocycles. The number of carbonyl (C=O) groups is 1. The molecule has 0 spiro atoms. The molecular formula is C16H32N2O2. The van der Waals surface area contributed by atoms with Crippen LogP contribution in [-0.2, 0) is 9.53 Å². The van der Waals surface area contributed by atoms with Gasteiger partial charge in [-0.15, -0.1) is 0 Å². The van der Waals surface area contributed by atoms with E-state index in [1.54, 1.807) is 0 Å². The van der Waals surface area contributed by atoms with Gasteiger partial charge in [0.15, 0.2) is 0 Å². The van der Waals surface area contributed by atoms with Gasteiger partial charge >= 0.3 is 5.97 Å². The van der Waals surface area contributed by atoms with Gasteiger partial charge in [0.05, 0.1) is 6.61 Å². The molecule has 0 aliphatic carbocycles. The smallest absolute Gasteiger partial charge is 0.326 e. The Hall–Kier alpha value is -0.610. The molecule has 1 aliphatic rings. The molecule has 0 bridgehead atoms. The highest BCUT2D eigenvalue weighted by molar-refractivity contribution is 5.80. The fourth-order valence-corrected chi connectivity index (χ4v) is 3.24. The van der Waals surface area contributed by atoms with Crippen LogP contribution in [0.2, 0.25) is 0 Å². The standard InChI is InChI=1S/C16H32N2O2/c1-6-20-15(19)16(4,17-5)12-14(3)18-11-9-7-8-10-13(18)2/h13-14,17H,6-12H2,1-5H3. The van der Waals surface area contributed by atoms with Crippen LogP contribution in [-0.4, -0.2) is 48.7 Å². The van der Waals surface area contributed by atoms with Crippen molar-refractivity contribution in [1.82, 2.24) is 10.2 Å². The van der Waals surface area contributed by atoms with Crippen molar-refractivity contribution in [3.05, 3.63) is 0 Å². The van der Waals surface area contributed by atoms with E-state index >= 15 is 0 Å². The molecule has 0 aromatic carbocycles. The SMILES string of the molecule is CCOC(=O)C(C)(CC(C)N1CCCCCC1C)NC. The molecule has 0 amide bonds. The van der Waals surface area contributed by atoms with Gasteiger partial charge in [-0.2, -0.15) is 0 Å². The number of likely N-dealkylation sites (N-methyl/N-ethyl adjacent to an activating group) is 1. The van der Waals surface area contributed by atoms with E-state index in [2.05, 4.69) is 24.1 Å². The van der Waals surface area contributed by atoms with E-state index in [4.69, 9.17) is 4.74 Å². The summed E-state index contributed by atoms with van der Waals surface area (Å²) in [6.45, 7) is 9.92. The highest BCUT2D eigenvalue weighted by Crippen LogP contribution is 2.24. The Labute approximate surface area is 124 Å². The van der Waals surface area contributed by atoms with Crippen LogP contribution in [0.3, 0.4) is 0 Å². The average molecular weight is 284 g/mol. The zero-order chi connectivity index (χ0) is 15.2. The molecule has 4 nitrogen and oxygen atoms in total. The van der Waals surface area contributed by atoms with Gasteiger partial charge in [-0.3, -0.25) is 9.69 Å². The first-order valence-electron chi connectivity index (χ1n) is 8.06. The van der Waals surface area contributed by atoms with Crippen LogP contribution < -0.4 is 5.32 Å². The van der Waals surface area contributed by atoms with Crippen LogP contribution in [0, 0.1) is 0 Å². The van der Waals surface area contributed by atoms with E-state index in [0.717, 1.165) is 13.0 Å². The first-order valence-corrected chi connectivity index (χ1v) is 8.06. The quantitative estimate of drug-likeness (QED) is 0.761. The fraction of sp³-hybridized carbons (Fsp3) is 0.938. The zero-order valence-corrected chi connectivity index (χ0v) is 13.9. The van der Waals surface area contributed by atoms with Crippen molar-refractivity contribution in [2.24, 2.45) is 0 Å². The topological polar surface area (TPSA) is 41.6 Å². The van der Waals surface area contributed by atoms with Gasteiger partial charge in [0, 0.05) is 12.1 Å². The summed E-state index contributed by atoms with van der Waals surface area (Å²) >= 11 is 0. The van der Waals surface area contributed by atoms with E-state index < -0.39 is 5.54 Å². The van der Waals surface area contributed by atoms with E-state index in [1.165, 1.54) is 25.7 Å². The van der Waals surface area contributed by atoms with Gasteiger partial charge in [0.1, 0.15) is 5.54 Å². The number of nitrogens with zero attached hydrogens (tertiary/aromatic N) is 1. The molecule has 0 aromatic rings. The summed E-state index contributed by atoms with van der Waals surface area (Å²) < 4.78 is 5.22. The third-order valence-corrected chi connectivity index (χ3v) is 4.65. The van der Waals surface area contributed by atoms with Crippen LogP contribution in [0.15, 0.2) is 0 Å². The predicted octanol–water partition coefficient (Wildman–Crippen LogP) is 2.57. The van der Waals surface area contributed by atoms with Crippen molar-refractivity contribution >= 4 is 5.97 Å².